The van der Waals surface area contributed by atoms with Crippen LogP contribution in [0.1, 0.15) is 47.7 Å². The number of hydrogen-bond acceptors (Lipinski definition) is 6. The number of anilines is 1. The Balaban J connectivity index is 1.28. The molecule has 3 aromatic rings. The first kappa shape index (κ1) is 28.1. The second-order valence-electron chi connectivity index (χ2n) is 9.38. The molecule has 0 spiro atoms. The highest BCUT2D eigenvalue weighted by Crippen LogP contribution is 2.25. The highest BCUT2D eigenvalue weighted by molar-refractivity contribution is 7.98. The van der Waals surface area contributed by atoms with E-state index in [0.717, 1.165) is 63.4 Å². The van der Waals surface area contributed by atoms with E-state index in [4.69, 9.17) is 16.6 Å². The Labute approximate surface area is 235 Å². The number of nitrogens with zero attached hydrogens (tertiary/aromatic N) is 4. The lowest BCUT2D eigenvalue weighted by molar-refractivity contribution is 0.0953. The zero-order valence-electron chi connectivity index (χ0n) is 22.0. The van der Waals surface area contributed by atoms with Crippen LogP contribution < -0.4 is 10.2 Å². The van der Waals surface area contributed by atoms with Crippen molar-refractivity contribution < 1.29 is 4.79 Å². The van der Waals surface area contributed by atoms with Crippen LogP contribution in [0.2, 0.25) is 5.15 Å². The summed E-state index contributed by atoms with van der Waals surface area (Å²) in [5, 5.41) is 4.11. The second-order valence-corrected chi connectivity index (χ2v) is 10.7. The van der Waals surface area contributed by atoms with Gasteiger partial charge in [-0.3, -0.25) is 9.69 Å². The molecule has 1 N–H and O–H groups in total. The molecule has 0 unspecified atom stereocenters. The van der Waals surface area contributed by atoms with E-state index in [9.17, 15) is 4.79 Å². The molecule has 0 aliphatic carbocycles. The summed E-state index contributed by atoms with van der Waals surface area (Å²) in [5.41, 5.74) is 2.96. The third-order valence-corrected chi connectivity index (χ3v) is 7.57. The fourth-order valence-corrected chi connectivity index (χ4v) is 5.33. The van der Waals surface area contributed by atoms with Crippen molar-refractivity contribution in [1.82, 2.24) is 20.2 Å². The third kappa shape index (κ3) is 8.86. The molecule has 0 atom stereocenters. The molecule has 1 fully saturated rings. The molecular weight excluding hydrogens is 514 g/mol. The SMILES string of the molecule is CCCCCNC(=O)c1cccc(CSc2nc(Cl)cc(N3CCN(CC=Cc4ccccc4)CC3)n2)c1. The Hall–Kier alpha value is -2.87. The molecule has 0 radical (unpaired) electrons. The molecule has 0 bridgehead atoms. The Morgan fingerprint density at radius 3 is 2.63 bits per heavy atom. The van der Waals surface area contributed by atoms with Crippen LogP contribution in [0.5, 0.6) is 0 Å². The monoisotopic (exact) mass is 549 g/mol. The first-order valence-corrected chi connectivity index (χ1v) is 14.7. The molecule has 1 saturated heterocycles. The quantitative estimate of drug-likeness (QED) is 0.126. The number of rotatable bonds is 12. The molecule has 1 aliphatic rings. The largest absolute Gasteiger partial charge is 0.354 e. The van der Waals surface area contributed by atoms with Crippen LogP contribution in [0.4, 0.5) is 5.82 Å². The summed E-state index contributed by atoms with van der Waals surface area (Å²) in [6.45, 7) is 7.53. The molecule has 4 rings (SSSR count). The second kappa shape index (κ2) is 14.9. The number of benzene rings is 2. The summed E-state index contributed by atoms with van der Waals surface area (Å²) < 4.78 is 0. The first-order chi connectivity index (χ1) is 18.6. The van der Waals surface area contributed by atoms with Crippen molar-refractivity contribution in [2.75, 3.05) is 44.2 Å². The predicted octanol–water partition coefficient (Wildman–Crippen LogP) is 6.18. The first-order valence-electron chi connectivity index (χ1n) is 13.3. The smallest absolute Gasteiger partial charge is 0.251 e. The van der Waals surface area contributed by atoms with Crippen molar-refractivity contribution >= 4 is 41.2 Å². The Morgan fingerprint density at radius 1 is 1.03 bits per heavy atom. The maximum Gasteiger partial charge on any atom is 0.251 e. The lowest BCUT2D eigenvalue weighted by Crippen LogP contribution is -2.46. The van der Waals surface area contributed by atoms with Crippen LogP contribution in [0.15, 0.2) is 71.9 Å². The van der Waals surface area contributed by atoms with Crippen LogP contribution in [0, 0.1) is 0 Å². The van der Waals surface area contributed by atoms with Crippen molar-refractivity contribution in [3.8, 4) is 0 Å². The summed E-state index contributed by atoms with van der Waals surface area (Å²) in [6.07, 6.45) is 7.67. The van der Waals surface area contributed by atoms with E-state index in [-0.39, 0.29) is 5.91 Å². The summed E-state index contributed by atoms with van der Waals surface area (Å²) in [5.74, 6) is 1.51. The average molecular weight is 550 g/mol. The van der Waals surface area contributed by atoms with Crippen molar-refractivity contribution in [2.24, 2.45) is 0 Å². The standard InChI is InChI=1S/C30H36ClN5OS/c1-2-3-7-15-32-29(37)26-14-8-12-25(21-26)23-38-30-33-27(31)22-28(34-30)36-19-17-35(18-20-36)16-9-13-24-10-5-4-6-11-24/h4-6,8-14,21-22H,2-3,7,15-20,23H2,1H3,(H,32,37). The van der Waals surface area contributed by atoms with Gasteiger partial charge in [-0.25, -0.2) is 9.97 Å². The Kier molecular flexibility index (Phi) is 11.0. The lowest BCUT2D eigenvalue weighted by atomic mass is 10.1. The molecule has 2 heterocycles. The van der Waals surface area contributed by atoms with Gasteiger partial charge in [-0.1, -0.05) is 97.7 Å². The maximum absolute atomic E-state index is 12.5. The fraction of sp³-hybridized carbons (Fsp3) is 0.367. The number of hydrogen-bond donors (Lipinski definition) is 1. The molecule has 1 amide bonds. The number of carbonyl (C=O) groups excluding carboxylic acids is 1. The van der Waals surface area contributed by atoms with Crippen LogP contribution in [-0.2, 0) is 5.75 Å². The van der Waals surface area contributed by atoms with E-state index in [1.165, 1.54) is 17.3 Å². The van der Waals surface area contributed by atoms with E-state index in [1.807, 2.05) is 36.4 Å². The van der Waals surface area contributed by atoms with Gasteiger partial charge in [-0.2, -0.15) is 0 Å². The molecule has 8 heteroatoms. The van der Waals surface area contributed by atoms with Gasteiger partial charge in [-0.15, -0.1) is 0 Å². The van der Waals surface area contributed by atoms with Gasteiger partial charge in [0.25, 0.3) is 5.91 Å². The Morgan fingerprint density at radius 2 is 1.84 bits per heavy atom. The fourth-order valence-electron chi connectivity index (χ4n) is 4.30. The normalized spacial score (nSPS) is 14.2. The number of halogens is 1. The zero-order chi connectivity index (χ0) is 26.6. The van der Waals surface area contributed by atoms with E-state index in [1.54, 1.807) is 0 Å². The minimum Gasteiger partial charge on any atom is -0.354 e. The Bertz CT molecular complexity index is 1200. The molecule has 200 valence electrons. The summed E-state index contributed by atoms with van der Waals surface area (Å²) in [7, 11) is 0. The highest BCUT2D eigenvalue weighted by atomic mass is 35.5. The molecule has 38 heavy (non-hydrogen) atoms. The van der Waals surface area contributed by atoms with Crippen LogP contribution in [-0.4, -0.2) is 60.0 Å². The highest BCUT2D eigenvalue weighted by Gasteiger charge is 2.19. The van der Waals surface area contributed by atoms with Gasteiger partial charge >= 0.3 is 0 Å². The average Bonchev–Trinajstić information content (AvgIpc) is 2.95. The number of aromatic nitrogens is 2. The maximum atomic E-state index is 12.5. The van der Waals surface area contributed by atoms with Gasteiger partial charge in [0.05, 0.1) is 0 Å². The number of amides is 1. The van der Waals surface area contributed by atoms with Crippen molar-refractivity contribution in [2.45, 2.75) is 37.1 Å². The summed E-state index contributed by atoms with van der Waals surface area (Å²) in [6, 6.07) is 20.0. The number of nitrogens with one attached hydrogen (secondary N) is 1. The van der Waals surface area contributed by atoms with Crippen LogP contribution in [0.25, 0.3) is 6.08 Å². The lowest BCUT2D eigenvalue weighted by Gasteiger charge is -2.35. The molecule has 6 nitrogen and oxygen atoms in total. The number of thioether (sulfide) groups is 1. The van der Waals surface area contributed by atoms with E-state index in [0.29, 0.717) is 28.2 Å². The van der Waals surface area contributed by atoms with Crippen LogP contribution in [0.3, 0.4) is 0 Å². The molecule has 1 aliphatic heterocycles. The van der Waals surface area contributed by atoms with Gasteiger partial charge in [0.1, 0.15) is 11.0 Å². The predicted molar refractivity (Wildman–Crippen MR) is 159 cm³/mol. The number of carbonyl (C=O) groups is 1. The van der Waals surface area contributed by atoms with E-state index < -0.39 is 0 Å². The van der Waals surface area contributed by atoms with Crippen molar-refractivity contribution in [3.63, 3.8) is 0 Å². The number of unbranched alkanes of at least 4 members (excludes halogenated alkanes) is 2. The third-order valence-electron chi connectivity index (χ3n) is 6.45. The minimum absolute atomic E-state index is 0.0241. The van der Waals surface area contributed by atoms with Gasteiger partial charge in [0.2, 0.25) is 0 Å². The summed E-state index contributed by atoms with van der Waals surface area (Å²) in [4.78, 5) is 26.4. The van der Waals surface area contributed by atoms with Gasteiger partial charge in [-0.05, 0) is 29.7 Å². The molecule has 2 aromatic carbocycles. The topological polar surface area (TPSA) is 61.4 Å². The van der Waals surface area contributed by atoms with Gasteiger partial charge in [0, 0.05) is 56.7 Å². The molecule has 1 aromatic heterocycles. The van der Waals surface area contributed by atoms with Gasteiger partial charge in [0.15, 0.2) is 5.16 Å². The van der Waals surface area contributed by atoms with Crippen molar-refractivity contribution in [1.29, 1.82) is 0 Å². The number of piperazine rings is 1. The summed E-state index contributed by atoms with van der Waals surface area (Å²) >= 11 is 7.92. The zero-order valence-corrected chi connectivity index (χ0v) is 23.6. The molecule has 0 saturated carbocycles. The van der Waals surface area contributed by atoms with Crippen LogP contribution >= 0.6 is 23.4 Å². The van der Waals surface area contributed by atoms with E-state index >= 15 is 0 Å². The minimum atomic E-state index is -0.0241. The van der Waals surface area contributed by atoms with Crippen molar-refractivity contribution in [3.05, 3.63) is 88.6 Å². The van der Waals surface area contributed by atoms with E-state index in [2.05, 4.69) is 63.4 Å². The molecular formula is C30H36ClN5OS. The van der Waals surface area contributed by atoms with Gasteiger partial charge < -0.3 is 10.2 Å².